The number of rotatable bonds is 4. The van der Waals surface area contributed by atoms with E-state index in [4.69, 9.17) is 4.52 Å². The molecule has 7 heteroatoms. The maximum absolute atomic E-state index is 4.92. The maximum Gasteiger partial charge on any atom is 0.194 e. The molecular weight excluding hydrogens is 340 g/mol. The number of nitrogens with zero attached hydrogens (tertiary/aromatic N) is 5. The van der Waals surface area contributed by atoms with Gasteiger partial charge in [-0.25, -0.2) is 0 Å². The van der Waals surface area contributed by atoms with E-state index in [-0.39, 0.29) is 0 Å². The van der Waals surface area contributed by atoms with Gasteiger partial charge in [0.1, 0.15) is 6.26 Å². The van der Waals surface area contributed by atoms with E-state index in [0.29, 0.717) is 0 Å². The fraction of sp³-hybridized carbons (Fsp3) is 0.350. The van der Waals surface area contributed by atoms with Gasteiger partial charge in [0.15, 0.2) is 5.96 Å². The summed E-state index contributed by atoms with van der Waals surface area (Å²) < 4.78 is 4.92. The van der Waals surface area contributed by atoms with E-state index in [2.05, 4.69) is 48.4 Å². The van der Waals surface area contributed by atoms with Crippen molar-refractivity contribution >= 4 is 16.9 Å². The van der Waals surface area contributed by atoms with Crippen LogP contribution in [0.5, 0.6) is 0 Å². The maximum atomic E-state index is 4.92. The molecule has 27 heavy (non-hydrogen) atoms. The van der Waals surface area contributed by atoms with Crippen molar-refractivity contribution in [2.24, 2.45) is 4.99 Å². The van der Waals surface area contributed by atoms with Gasteiger partial charge in [-0.15, -0.1) is 0 Å². The van der Waals surface area contributed by atoms with Crippen LogP contribution in [0.15, 0.2) is 58.4 Å². The number of piperazine rings is 1. The van der Waals surface area contributed by atoms with Gasteiger partial charge in [0.2, 0.25) is 0 Å². The molecule has 0 atom stereocenters. The van der Waals surface area contributed by atoms with E-state index < -0.39 is 0 Å². The number of benzene rings is 1. The third kappa shape index (κ3) is 4.09. The second-order valence-electron chi connectivity index (χ2n) is 6.64. The molecule has 0 radical (unpaired) electrons. The zero-order chi connectivity index (χ0) is 18.5. The molecule has 1 fully saturated rings. The van der Waals surface area contributed by atoms with Gasteiger partial charge in [0.25, 0.3) is 0 Å². The highest BCUT2D eigenvalue weighted by Crippen LogP contribution is 2.16. The lowest BCUT2D eigenvalue weighted by atomic mass is 10.1. The normalized spacial score (nSPS) is 16.0. The quantitative estimate of drug-likeness (QED) is 0.565. The van der Waals surface area contributed by atoms with Crippen molar-refractivity contribution in [1.82, 2.24) is 25.3 Å². The molecule has 0 bridgehead atoms. The lowest BCUT2D eigenvalue weighted by Crippen LogP contribution is -2.52. The molecule has 0 amide bonds. The lowest BCUT2D eigenvalue weighted by Gasteiger charge is -2.36. The summed E-state index contributed by atoms with van der Waals surface area (Å²) in [5.74, 6) is 0.942. The molecule has 0 unspecified atom stereocenters. The molecule has 3 heterocycles. The van der Waals surface area contributed by atoms with Crippen LogP contribution in [0, 0.1) is 0 Å². The van der Waals surface area contributed by atoms with Gasteiger partial charge in [0.05, 0.1) is 11.2 Å². The zero-order valence-corrected chi connectivity index (χ0v) is 15.5. The Morgan fingerprint density at radius 2 is 2.00 bits per heavy atom. The molecule has 1 aliphatic rings. The third-order valence-corrected chi connectivity index (χ3v) is 4.94. The van der Waals surface area contributed by atoms with Crippen molar-refractivity contribution in [2.75, 3.05) is 33.2 Å². The minimum atomic E-state index is 0.731. The summed E-state index contributed by atoms with van der Waals surface area (Å²) in [6, 6.07) is 12.2. The molecule has 3 aromatic rings. The highest BCUT2D eigenvalue weighted by molar-refractivity contribution is 5.83. The topological polar surface area (TPSA) is 69.8 Å². The van der Waals surface area contributed by atoms with Crippen LogP contribution < -0.4 is 5.32 Å². The number of hydrogen-bond donors (Lipinski definition) is 1. The van der Waals surface area contributed by atoms with Gasteiger partial charge in [-0.05, 0) is 17.7 Å². The molecule has 1 saturated heterocycles. The van der Waals surface area contributed by atoms with Crippen LogP contribution >= 0.6 is 0 Å². The minimum absolute atomic E-state index is 0.731. The number of nitrogens with one attached hydrogen (secondary N) is 1. The molecule has 0 saturated carbocycles. The molecule has 7 nitrogen and oxygen atoms in total. The molecule has 1 aliphatic heterocycles. The predicted molar refractivity (Wildman–Crippen MR) is 105 cm³/mol. The largest absolute Gasteiger partial charge is 0.364 e. The predicted octanol–water partition coefficient (Wildman–Crippen LogP) is 2.12. The van der Waals surface area contributed by atoms with Crippen LogP contribution in [-0.4, -0.2) is 59.1 Å². The first-order valence-corrected chi connectivity index (χ1v) is 9.23. The number of hydrogen-bond acceptors (Lipinski definition) is 5. The van der Waals surface area contributed by atoms with Gasteiger partial charge in [-0.1, -0.05) is 23.4 Å². The van der Waals surface area contributed by atoms with E-state index in [1.54, 1.807) is 6.26 Å². The summed E-state index contributed by atoms with van der Waals surface area (Å²) >= 11 is 0. The summed E-state index contributed by atoms with van der Waals surface area (Å²) in [7, 11) is 1.84. The van der Waals surface area contributed by atoms with Gasteiger partial charge >= 0.3 is 0 Å². The van der Waals surface area contributed by atoms with Gasteiger partial charge < -0.3 is 14.7 Å². The van der Waals surface area contributed by atoms with Crippen LogP contribution in [0.3, 0.4) is 0 Å². The number of aromatic nitrogens is 2. The molecular formula is C20H24N6O. The first-order chi connectivity index (χ1) is 13.3. The first kappa shape index (κ1) is 17.5. The Morgan fingerprint density at radius 1 is 1.15 bits per heavy atom. The fourth-order valence-electron chi connectivity index (χ4n) is 3.48. The average Bonchev–Trinajstić information content (AvgIpc) is 3.23. The van der Waals surface area contributed by atoms with Crippen LogP contribution in [-0.2, 0) is 13.1 Å². The van der Waals surface area contributed by atoms with Crippen molar-refractivity contribution in [1.29, 1.82) is 0 Å². The van der Waals surface area contributed by atoms with E-state index in [9.17, 15) is 0 Å². The highest BCUT2D eigenvalue weighted by atomic mass is 16.5. The standard InChI is InChI=1S/C20H24N6O/c1-21-20(23-14-16-6-8-22-19-5-3-2-4-18(16)19)26-11-9-25(10-12-26)15-17-7-13-27-24-17/h2-8,13H,9-12,14-15H2,1H3,(H,21,23). The number of fused-ring (bicyclic) bond motifs is 1. The first-order valence-electron chi connectivity index (χ1n) is 9.23. The smallest absolute Gasteiger partial charge is 0.194 e. The average molecular weight is 364 g/mol. The minimum Gasteiger partial charge on any atom is -0.364 e. The summed E-state index contributed by atoms with van der Waals surface area (Å²) in [4.78, 5) is 13.6. The van der Waals surface area contributed by atoms with Gasteiger partial charge in [-0.3, -0.25) is 14.9 Å². The van der Waals surface area contributed by atoms with Gasteiger partial charge in [0, 0.05) is 64.0 Å². The second kappa shape index (κ2) is 8.18. The Kier molecular flexibility index (Phi) is 5.29. The van der Waals surface area contributed by atoms with Crippen molar-refractivity contribution in [2.45, 2.75) is 13.1 Å². The van der Waals surface area contributed by atoms with Crippen LogP contribution in [0.1, 0.15) is 11.3 Å². The molecule has 0 spiro atoms. The Labute approximate surface area is 158 Å². The summed E-state index contributed by atoms with van der Waals surface area (Å²) in [5, 5.41) is 8.69. The highest BCUT2D eigenvalue weighted by Gasteiger charge is 2.20. The molecule has 1 aromatic carbocycles. The monoisotopic (exact) mass is 364 g/mol. The van der Waals surface area contributed by atoms with Crippen LogP contribution in [0.25, 0.3) is 10.9 Å². The van der Waals surface area contributed by atoms with Gasteiger partial charge in [-0.2, -0.15) is 0 Å². The van der Waals surface area contributed by atoms with Crippen molar-refractivity contribution < 1.29 is 4.52 Å². The second-order valence-corrected chi connectivity index (χ2v) is 6.64. The van der Waals surface area contributed by atoms with E-state index in [1.165, 1.54) is 10.9 Å². The third-order valence-electron chi connectivity index (χ3n) is 4.94. The Balaban J connectivity index is 1.34. The summed E-state index contributed by atoms with van der Waals surface area (Å²) in [6.07, 6.45) is 3.49. The molecule has 1 N–H and O–H groups in total. The Hall–Kier alpha value is -2.93. The Morgan fingerprint density at radius 3 is 2.78 bits per heavy atom. The van der Waals surface area contributed by atoms with Crippen molar-refractivity contribution in [3.63, 3.8) is 0 Å². The van der Waals surface area contributed by atoms with Crippen molar-refractivity contribution in [3.05, 3.63) is 60.1 Å². The van der Waals surface area contributed by atoms with Crippen LogP contribution in [0.2, 0.25) is 0 Å². The van der Waals surface area contributed by atoms with E-state index in [0.717, 1.165) is 56.4 Å². The van der Waals surface area contributed by atoms with Crippen molar-refractivity contribution in [3.8, 4) is 0 Å². The SMILES string of the molecule is CN=C(NCc1ccnc2ccccc12)N1CCN(Cc2ccon2)CC1. The summed E-state index contributed by atoms with van der Waals surface area (Å²) in [6.45, 7) is 5.40. The lowest BCUT2D eigenvalue weighted by molar-refractivity contribution is 0.169. The van der Waals surface area contributed by atoms with E-state index in [1.807, 2.05) is 31.4 Å². The molecule has 4 rings (SSSR count). The summed E-state index contributed by atoms with van der Waals surface area (Å²) in [5.41, 5.74) is 3.23. The zero-order valence-electron chi connectivity index (χ0n) is 15.5. The number of guanidine groups is 1. The number of para-hydroxylation sites is 1. The fourth-order valence-corrected chi connectivity index (χ4v) is 3.48. The number of pyridine rings is 1. The molecule has 2 aromatic heterocycles. The molecule has 140 valence electrons. The molecule has 0 aliphatic carbocycles. The van der Waals surface area contributed by atoms with Crippen LogP contribution in [0.4, 0.5) is 0 Å². The van der Waals surface area contributed by atoms with E-state index >= 15 is 0 Å². The Bertz CT molecular complexity index is 894. The number of aliphatic imine (C=N–C) groups is 1.